The van der Waals surface area contributed by atoms with E-state index in [0.717, 1.165) is 11.8 Å². The number of hydrogen-bond donors (Lipinski definition) is 0. The maximum Gasteiger partial charge on any atom is 0.396 e. The second-order valence-corrected chi connectivity index (χ2v) is 7.11. The smallest absolute Gasteiger partial charge is 0.228 e. The number of hydrogen-bond acceptors (Lipinski definition) is 3. The summed E-state index contributed by atoms with van der Waals surface area (Å²) < 4.78 is 61.1. The summed E-state index contributed by atoms with van der Waals surface area (Å²) in [7, 11) is -3.51. The Morgan fingerprint density at radius 1 is 1.36 bits per heavy atom. The minimum Gasteiger partial charge on any atom is -0.228 e. The first kappa shape index (κ1) is 10.6. The number of halogens is 3. The molecule has 2 aliphatic heterocycles. The van der Waals surface area contributed by atoms with Crippen LogP contribution >= 0.6 is 11.8 Å². The van der Waals surface area contributed by atoms with Gasteiger partial charge in [0.1, 0.15) is 0 Å². The monoisotopic (exact) mass is 246 g/mol. The summed E-state index contributed by atoms with van der Waals surface area (Å²) in [5.41, 5.74) is -1.95. The Hall–Kier alpha value is 0.0900. The Morgan fingerprint density at radius 3 is 2.50 bits per heavy atom. The molecule has 14 heavy (non-hydrogen) atoms. The average molecular weight is 246 g/mol. The van der Waals surface area contributed by atoms with Gasteiger partial charge in [0, 0.05) is 11.5 Å². The predicted octanol–water partition coefficient (Wildman–Crippen LogP) is 1.47. The van der Waals surface area contributed by atoms with E-state index >= 15 is 0 Å². The van der Waals surface area contributed by atoms with Crippen molar-refractivity contribution in [1.29, 1.82) is 0 Å². The second kappa shape index (κ2) is 2.81. The van der Waals surface area contributed by atoms with Crippen LogP contribution in [0, 0.1) is 5.41 Å². The summed E-state index contributed by atoms with van der Waals surface area (Å²) in [6, 6.07) is 0. The van der Waals surface area contributed by atoms with E-state index in [4.69, 9.17) is 0 Å². The number of alkyl halides is 3. The molecule has 0 unspecified atom stereocenters. The van der Waals surface area contributed by atoms with Crippen molar-refractivity contribution >= 4 is 21.6 Å². The third-order valence-electron chi connectivity index (χ3n) is 3.08. The van der Waals surface area contributed by atoms with E-state index in [-0.39, 0.29) is 23.7 Å². The lowest BCUT2D eigenvalue weighted by Gasteiger charge is -2.29. The topological polar surface area (TPSA) is 34.1 Å². The minimum absolute atomic E-state index is 0.0968. The zero-order chi connectivity index (χ0) is 10.6. The molecule has 0 aromatic rings. The lowest BCUT2D eigenvalue weighted by molar-refractivity contribution is -0.211. The zero-order valence-corrected chi connectivity index (χ0v) is 8.81. The molecule has 0 bridgehead atoms. The third kappa shape index (κ3) is 1.21. The quantitative estimate of drug-likeness (QED) is 0.649. The van der Waals surface area contributed by atoms with E-state index in [1.54, 1.807) is 0 Å². The second-order valence-electron chi connectivity index (χ2n) is 3.77. The van der Waals surface area contributed by atoms with E-state index in [2.05, 4.69) is 0 Å². The molecule has 0 aromatic heterocycles. The van der Waals surface area contributed by atoms with Crippen molar-refractivity contribution in [2.75, 3.05) is 17.3 Å². The van der Waals surface area contributed by atoms with Crippen molar-refractivity contribution in [3.05, 3.63) is 0 Å². The van der Waals surface area contributed by atoms with Crippen LogP contribution in [0.15, 0.2) is 0 Å². The van der Waals surface area contributed by atoms with Crippen LogP contribution in [0.5, 0.6) is 0 Å². The third-order valence-corrected chi connectivity index (χ3v) is 6.83. The number of rotatable bonds is 0. The van der Waals surface area contributed by atoms with Crippen LogP contribution < -0.4 is 0 Å². The first-order valence-corrected chi connectivity index (χ1v) is 7.03. The molecular weight excluding hydrogens is 237 g/mol. The van der Waals surface area contributed by atoms with Crippen molar-refractivity contribution in [3.8, 4) is 0 Å². The molecule has 2 atom stereocenters. The fraction of sp³-hybridized carbons (Fsp3) is 1.00. The number of thioether (sulfide) groups is 1. The Labute approximate surface area is 84.2 Å². The molecule has 0 saturated carbocycles. The van der Waals surface area contributed by atoms with Crippen molar-refractivity contribution in [2.24, 2.45) is 5.41 Å². The summed E-state index contributed by atoms with van der Waals surface area (Å²) in [6.45, 7) is 0. The Kier molecular flexibility index (Phi) is 2.13. The Bertz CT molecular complexity index is 348. The summed E-state index contributed by atoms with van der Waals surface area (Å²) in [5.74, 6) is -0.306. The summed E-state index contributed by atoms with van der Waals surface area (Å²) >= 11 is 1.09. The van der Waals surface area contributed by atoms with Gasteiger partial charge in [-0.3, -0.25) is 0 Å². The van der Waals surface area contributed by atoms with Crippen molar-refractivity contribution in [1.82, 2.24) is 0 Å². The fourth-order valence-electron chi connectivity index (χ4n) is 2.15. The molecule has 2 rings (SSSR count). The molecule has 2 aliphatic rings. The van der Waals surface area contributed by atoms with Crippen LogP contribution in [0.1, 0.15) is 6.42 Å². The van der Waals surface area contributed by atoms with E-state index in [1.165, 1.54) is 0 Å². The fourth-order valence-corrected chi connectivity index (χ4v) is 6.86. The SMILES string of the molecule is O=S1(=O)CC[C@]2(C(F)(F)F)CSC[C@@H]21. The van der Waals surface area contributed by atoms with Crippen LogP contribution in [-0.2, 0) is 9.84 Å². The summed E-state index contributed by atoms with van der Waals surface area (Å²) in [4.78, 5) is 0. The number of sulfone groups is 1. The normalized spacial score (nSPS) is 41.2. The molecular formula is C7H9F3O2S2. The Morgan fingerprint density at radius 2 is 2.00 bits per heavy atom. The molecule has 0 N–H and O–H groups in total. The largest absolute Gasteiger partial charge is 0.396 e. The van der Waals surface area contributed by atoms with Gasteiger partial charge in [-0.2, -0.15) is 24.9 Å². The van der Waals surface area contributed by atoms with Gasteiger partial charge in [0.05, 0.1) is 16.4 Å². The van der Waals surface area contributed by atoms with E-state index < -0.39 is 26.7 Å². The molecule has 7 heteroatoms. The molecule has 2 fully saturated rings. The van der Waals surface area contributed by atoms with Crippen molar-refractivity contribution in [3.63, 3.8) is 0 Å². The van der Waals surface area contributed by atoms with Gasteiger partial charge in [-0.05, 0) is 6.42 Å². The van der Waals surface area contributed by atoms with Crippen LogP contribution in [0.25, 0.3) is 0 Å². The van der Waals surface area contributed by atoms with E-state index in [1.807, 2.05) is 0 Å². The van der Waals surface area contributed by atoms with Crippen LogP contribution in [0.4, 0.5) is 13.2 Å². The zero-order valence-electron chi connectivity index (χ0n) is 7.17. The maximum absolute atomic E-state index is 12.8. The maximum atomic E-state index is 12.8. The van der Waals surface area contributed by atoms with Gasteiger partial charge in [-0.15, -0.1) is 0 Å². The van der Waals surface area contributed by atoms with Gasteiger partial charge < -0.3 is 0 Å². The first-order chi connectivity index (χ1) is 6.30. The van der Waals surface area contributed by atoms with Gasteiger partial charge in [0.15, 0.2) is 9.84 Å². The lowest BCUT2D eigenvalue weighted by Crippen LogP contribution is -2.45. The van der Waals surface area contributed by atoms with E-state index in [0.29, 0.717) is 0 Å². The van der Waals surface area contributed by atoms with E-state index in [9.17, 15) is 21.6 Å². The molecule has 0 aromatic carbocycles. The molecule has 2 saturated heterocycles. The average Bonchev–Trinajstić information content (AvgIpc) is 2.51. The molecule has 0 spiro atoms. The van der Waals surface area contributed by atoms with Gasteiger partial charge in [-0.1, -0.05) is 0 Å². The van der Waals surface area contributed by atoms with Crippen LogP contribution in [-0.4, -0.2) is 37.1 Å². The number of fused-ring (bicyclic) bond motifs is 1. The van der Waals surface area contributed by atoms with Crippen molar-refractivity contribution in [2.45, 2.75) is 17.8 Å². The van der Waals surface area contributed by atoms with Crippen LogP contribution in [0.3, 0.4) is 0 Å². The standard InChI is InChI=1S/C7H9F3O2S2/c8-7(9,10)6-1-2-14(11,12)5(6)3-13-4-6/h5H,1-4H2/t5-,6-/m0/s1. The minimum atomic E-state index is -4.38. The highest BCUT2D eigenvalue weighted by atomic mass is 32.2. The predicted molar refractivity (Wildman–Crippen MR) is 48.0 cm³/mol. The van der Waals surface area contributed by atoms with Crippen molar-refractivity contribution < 1.29 is 21.6 Å². The van der Waals surface area contributed by atoms with Gasteiger partial charge in [0.25, 0.3) is 0 Å². The van der Waals surface area contributed by atoms with Crippen LogP contribution in [0.2, 0.25) is 0 Å². The first-order valence-electron chi connectivity index (χ1n) is 4.16. The molecule has 2 heterocycles. The lowest BCUT2D eigenvalue weighted by atomic mass is 9.84. The summed E-state index contributed by atoms with van der Waals surface area (Å²) in [5, 5.41) is -1.19. The Balaban J connectivity index is 2.47. The molecule has 2 nitrogen and oxygen atoms in total. The highest BCUT2D eigenvalue weighted by molar-refractivity contribution is 8.01. The van der Waals surface area contributed by atoms with Gasteiger partial charge >= 0.3 is 6.18 Å². The highest BCUT2D eigenvalue weighted by Gasteiger charge is 2.68. The highest BCUT2D eigenvalue weighted by Crippen LogP contribution is 2.57. The molecule has 0 radical (unpaired) electrons. The summed E-state index contributed by atoms with van der Waals surface area (Å²) in [6.07, 6.45) is -4.64. The van der Waals surface area contributed by atoms with Gasteiger partial charge in [0.2, 0.25) is 0 Å². The molecule has 82 valence electrons. The van der Waals surface area contributed by atoms with Gasteiger partial charge in [-0.25, -0.2) is 8.42 Å². The molecule has 0 aliphatic carbocycles. The molecule has 0 amide bonds.